The molecule has 1 aromatic rings. The van der Waals surface area contributed by atoms with Crippen LogP contribution in [0.5, 0.6) is 0 Å². The second-order valence-corrected chi connectivity index (χ2v) is 4.98. The summed E-state index contributed by atoms with van der Waals surface area (Å²) < 4.78 is 0. The van der Waals surface area contributed by atoms with Gasteiger partial charge in [0.1, 0.15) is 0 Å². The molecule has 0 aromatic heterocycles. The van der Waals surface area contributed by atoms with Gasteiger partial charge in [0.15, 0.2) is 0 Å². The summed E-state index contributed by atoms with van der Waals surface area (Å²) in [5.74, 6) is 1.55. The van der Waals surface area contributed by atoms with E-state index in [1.165, 1.54) is 12.1 Å². The molecule has 88 valence electrons. The number of aliphatic hydroxyl groups excluding tert-OH is 1. The Balaban J connectivity index is 2.18. The number of para-hydroxylation sites is 1. The fourth-order valence-electron chi connectivity index (χ4n) is 2.43. The summed E-state index contributed by atoms with van der Waals surface area (Å²) in [7, 11) is 0. The van der Waals surface area contributed by atoms with Gasteiger partial charge in [0.05, 0.1) is 6.61 Å². The molecule has 0 saturated carbocycles. The van der Waals surface area contributed by atoms with Gasteiger partial charge in [0.2, 0.25) is 0 Å². The maximum atomic E-state index is 9.34. The second-order valence-electron chi connectivity index (χ2n) is 4.98. The van der Waals surface area contributed by atoms with E-state index < -0.39 is 0 Å². The van der Waals surface area contributed by atoms with Crippen molar-refractivity contribution in [2.24, 2.45) is 11.8 Å². The predicted molar refractivity (Wildman–Crippen MR) is 67.5 cm³/mol. The van der Waals surface area contributed by atoms with Gasteiger partial charge >= 0.3 is 0 Å². The van der Waals surface area contributed by atoms with E-state index in [0.29, 0.717) is 0 Å². The summed E-state index contributed by atoms with van der Waals surface area (Å²) in [4.78, 5) is 2.41. The van der Waals surface area contributed by atoms with Crippen molar-refractivity contribution in [3.05, 3.63) is 29.8 Å². The van der Waals surface area contributed by atoms with Crippen molar-refractivity contribution in [1.82, 2.24) is 0 Å². The highest BCUT2D eigenvalue weighted by Gasteiger charge is 2.23. The lowest BCUT2D eigenvalue weighted by molar-refractivity contribution is 0.280. The van der Waals surface area contributed by atoms with Crippen molar-refractivity contribution in [2.75, 3.05) is 18.0 Å². The average Bonchev–Trinajstić information content (AvgIpc) is 2.32. The first-order valence-electron chi connectivity index (χ1n) is 6.16. The van der Waals surface area contributed by atoms with Gasteiger partial charge < -0.3 is 10.0 Å². The number of hydrogen-bond acceptors (Lipinski definition) is 2. The average molecular weight is 219 g/mol. The molecule has 0 aliphatic carbocycles. The van der Waals surface area contributed by atoms with Crippen molar-refractivity contribution >= 4 is 5.69 Å². The third kappa shape index (κ3) is 2.22. The number of rotatable bonds is 2. The van der Waals surface area contributed by atoms with Crippen molar-refractivity contribution < 1.29 is 5.11 Å². The summed E-state index contributed by atoms with van der Waals surface area (Å²) in [6.45, 7) is 7.01. The lowest BCUT2D eigenvalue weighted by Gasteiger charge is -2.37. The number of hydrogen-bond donors (Lipinski definition) is 1. The minimum absolute atomic E-state index is 0.136. The van der Waals surface area contributed by atoms with Crippen molar-refractivity contribution in [2.45, 2.75) is 26.9 Å². The Morgan fingerprint density at radius 1 is 1.25 bits per heavy atom. The van der Waals surface area contributed by atoms with Gasteiger partial charge in [0, 0.05) is 24.3 Å². The quantitative estimate of drug-likeness (QED) is 0.826. The molecule has 1 saturated heterocycles. The molecule has 1 fully saturated rings. The smallest absolute Gasteiger partial charge is 0.0702 e. The van der Waals surface area contributed by atoms with Crippen molar-refractivity contribution in [3.8, 4) is 0 Å². The van der Waals surface area contributed by atoms with Crippen LogP contribution in [0.4, 0.5) is 5.69 Å². The molecule has 2 atom stereocenters. The molecular formula is C14H21NO. The minimum atomic E-state index is 0.136. The Bertz CT molecular complexity index is 350. The standard InChI is InChI=1S/C14H21NO/c1-11-7-8-15(9-12(11)2)14-6-4-3-5-13(14)10-16/h3-6,11-12,16H,7-10H2,1-2H3. The molecule has 1 aliphatic rings. The van der Waals surface area contributed by atoms with E-state index in [-0.39, 0.29) is 6.61 Å². The summed E-state index contributed by atoms with van der Waals surface area (Å²) in [5, 5.41) is 9.34. The monoisotopic (exact) mass is 219 g/mol. The van der Waals surface area contributed by atoms with E-state index in [9.17, 15) is 5.11 Å². The highest BCUT2D eigenvalue weighted by atomic mass is 16.3. The van der Waals surface area contributed by atoms with Crippen LogP contribution in [0.15, 0.2) is 24.3 Å². The Labute approximate surface area is 97.9 Å². The first-order valence-corrected chi connectivity index (χ1v) is 6.16. The molecular weight excluding hydrogens is 198 g/mol. The lowest BCUT2D eigenvalue weighted by Crippen LogP contribution is -2.38. The molecule has 1 aliphatic heterocycles. The maximum absolute atomic E-state index is 9.34. The molecule has 1 aromatic carbocycles. The largest absolute Gasteiger partial charge is 0.392 e. The molecule has 16 heavy (non-hydrogen) atoms. The molecule has 1 heterocycles. The van der Waals surface area contributed by atoms with Gasteiger partial charge in [-0.3, -0.25) is 0 Å². The number of nitrogens with zero attached hydrogens (tertiary/aromatic N) is 1. The van der Waals surface area contributed by atoms with Crippen LogP contribution < -0.4 is 4.90 Å². The zero-order valence-electron chi connectivity index (χ0n) is 10.2. The summed E-state index contributed by atoms with van der Waals surface area (Å²) in [6, 6.07) is 8.18. The maximum Gasteiger partial charge on any atom is 0.0702 e. The van der Waals surface area contributed by atoms with Gasteiger partial charge in [0.25, 0.3) is 0 Å². The van der Waals surface area contributed by atoms with Crippen LogP contribution in [-0.2, 0) is 6.61 Å². The van der Waals surface area contributed by atoms with Crippen LogP contribution in [0.1, 0.15) is 25.8 Å². The fourth-order valence-corrected chi connectivity index (χ4v) is 2.43. The van der Waals surface area contributed by atoms with E-state index in [2.05, 4.69) is 30.9 Å². The number of anilines is 1. The Morgan fingerprint density at radius 3 is 2.69 bits per heavy atom. The van der Waals surface area contributed by atoms with E-state index in [1.54, 1.807) is 0 Å². The molecule has 2 nitrogen and oxygen atoms in total. The van der Waals surface area contributed by atoms with E-state index >= 15 is 0 Å². The summed E-state index contributed by atoms with van der Waals surface area (Å²) in [5.41, 5.74) is 2.26. The normalized spacial score (nSPS) is 25.8. The van der Waals surface area contributed by atoms with Gasteiger partial charge in [-0.05, 0) is 24.3 Å². The molecule has 0 radical (unpaired) electrons. The number of aliphatic hydroxyl groups is 1. The molecule has 2 rings (SSSR count). The molecule has 1 N–H and O–H groups in total. The van der Waals surface area contributed by atoms with Crippen LogP contribution in [-0.4, -0.2) is 18.2 Å². The first-order chi connectivity index (χ1) is 7.72. The molecule has 2 unspecified atom stereocenters. The molecule has 0 spiro atoms. The van der Waals surface area contributed by atoms with Gasteiger partial charge in [-0.15, -0.1) is 0 Å². The van der Waals surface area contributed by atoms with Crippen molar-refractivity contribution in [1.29, 1.82) is 0 Å². The Morgan fingerprint density at radius 2 is 2.00 bits per heavy atom. The molecule has 0 bridgehead atoms. The van der Waals surface area contributed by atoms with Crippen LogP contribution in [0.2, 0.25) is 0 Å². The third-order valence-corrected chi connectivity index (χ3v) is 3.84. The number of benzene rings is 1. The minimum Gasteiger partial charge on any atom is -0.392 e. The van der Waals surface area contributed by atoms with E-state index in [1.807, 2.05) is 12.1 Å². The second kappa shape index (κ2) is 4.88. The summed E-state index contributed by atoms with van der Waals surface area (Å²) >= 11 is 0. The summed E-state index contributed by atoms with van der Waals surface area (Å²) in [6.07, 6.45) is 1.25. The van der Waals surface area contributed by atoms with E-state index in [4.69, 9.17) is 0 Å². The van der Waals surface area contributed by atoms with Crippen LogP contribution in [0.3, 0.4) is 0 Å². The number of piperidine rings is 1. The van der Waals surface area contributed by atoms with Crippen LogP contribution >= 0.6 is 0 Å². The van der Waals surface area contributed by atoms with E-state index in [0.717, 1.165) is 30.5 Å². The Hall–Kier alpha value is -1.02. The topological polar surface area (TPSA) is 23.5 Å². The van der Waals surface area contributed by atoms with Crippen molar-refractivity contribution in [3.63, 3.8) is 0 Å². The Kier molecular flexibility index (Phi) is 3.49. The fraction of sp³-hybridized carbons (Fsp3) is 0.571. The lowest BCUT2D eigenvalue weighted by atomic mass is 9.88. The predicted octanol–water partition coefficient (Wildman–Crippen LogP) is 2.66. The third-order valence-electron chi connectivity index (χ3n) is 3.84. The van der Waals surface area contributed by atoms with Crippen LogP contribution in [0.25, 0.3) is 0 Å². The van der Waals surface area contributed by atoms with Gasteiger partial charge in [-0.1, -0.05) is 32.0 Å². The van der Waals surface area contributed by atoms with Gasteiger partial charge in [-0.2, -0.15) is 0 Å². The van der Waals surface area contributed by atoms with Crippen LogP contribution in [0, 0.1) is 11.8 Å². The van der Waals surface area contributed by atoms with Gasteiger partial charge in [-0.25, -0.2) is 0 Å². The zero-order chi connectivity index (χ0) is 11.5. The zero-order valence-corrected chi connectivity index (χ0v) is 10.2. The molecule has 0 amide bonds. The highest BCUT2D eigenvalue weighted by molar-refractivity contribution is 5.53. The first kappa shape index (κ1) is 11.5. The highest BCUT2D eigenvalue weighted by Crippen LogP contribution is 2.29. The SMILES string of the molecule is CC1CCN(c2ccccc2CO)CC1C. The molecule has 2 heteroatoms.